The molecule has 3 rings (SSSR count). The van der Waals surface area contributed by atoms with Crippen LogP contribution in [-0.2, 0) is 20.7 Å². The minimum absolute atomic E-state index is 0.0576. The lowest BCUT2D eigenvalue weighted by Gasteiger charge is -2.27. The highest BCUT2D eigenvalue weighted by atomic mass is 16.5. The van der Waals surface area contributed by atoms with Gasteiger partial charge in [-0.3, -0.25) is 9.59 Å². The van der Waals surface area contributed by atoms with Crippen LogP contribution in [-0.4, -0.2) is 49.5 Å². The average molecular weight is 349 g/mol. The lowest BCUT2D eigenvalue weighted by molar-refractivity contribution is -0.137. The first kappa shape index (κ1) is 17.5. The highest BCUT2D eigenvalue weighted by Crippen LogP contribution is 2.34. The zero-order valence-corrected chi connectivity index (χ0v) is 14.2. The predicted molar refractivity (Wildman–Crippen MR) is 88.8 cm³/mol. The largest absolute Gasteiger partial charge is 0.493 e. The van der Waals surface area contributed by atoms with Crippen molar-refractivity contribution in [2.24, 2.45) is 5.92 Å². The molecule has 1 saturated heterocycles. The Kier molecular flexibility index (Phi) is 5.43. The first-order valence-corrected chi connectivity index (χ1v) is 8.49. The van der Waals surface area contributed by atoms with E-state index >= 15 is 0 Å². The lowest BCUT2D eigenvalue weighted by Crippen LogP contribution is -2.45. The quantitative estimate of drug-likeness (QED) is 0.806. The zero-order chi connectivity index (χ0) is 17.8. The summed E-state index contributed by atoms with van der Waals surface area (Å²) in [5.74, 6) is 0.314. The second-order valence-corrected chi connectivity index (χ2v) is 6.49. The van der Waals surface area contributed by atoms with Crippen LogP contribution in [0.1, 0.15) is 24.8 Å². The van der Waals surface area contributed by atoms with E-state index in [2.05, 4.69) is 5.32 Å². The number of carboxylic acid groups (broad SMARTS) is 1. The van der Waals surface area contributed by atoms with Crippen molar-refractivity contribution in [1.82, 2.24) is 5.32 Å². The van der Waals surface area contributed by atoms with E-state index in [0.717, 1.165) is 11.3 Å². The molecule has 0 saturated carbocycles. The highest BCUT2D eigenvalue weighted by Gasteiger charge is 2.33. The molecular formula is C18H23NO6. The number of rotatable bonds is 6. The Labute approximate surface area is 146 Å². The first-order chi connectivity index (χ1) is 12.1. The fourth-order valence-corrected chi connectivity index (χ4v) is 3.34. The summed E-state index contributed by atoms with van der Waals surface area (Å²) in [7, 11) is 1.60. The van der Waals surface area contributed by atoms with Crippen molar-refractivity contribution in [3.05, 3.63) is 23.8 Å². The van der Waals surface area contributed by atoms with Gasteiger partial charge in [0.2, 0.25) is 5.91 Å². The van der Waals surface area contributed by atoms with Gasteiger partial charge in [0.05, 0.1) is 31.8 Å². The second kappa shape index (κ2) is 7.74. The molecule has 1 amide bonds. The van der Waals surface area contributed by atoms with E-state index in [1.807, 2.05) is 18.2 Å². The van der Waals surface area contributed by atoms with E-state index in [9.17, 15) is 9.59 Å². The number of hydrogen-bond donors (Lipinski definition) is 2. The maximum absolute atomic E-state index is 12.4. The lowest BCUT2D eigenvalue weighted by atomic mass is 9.99. The normalized spacial score (nSPS) is 24.9. The third-order valence-electron chi connectivity index (χ3n) is 4.65. The van der Waals surface area contributed by atoms with Gasteiger partial charge in [-0.15, -0.1) is 0 Å². The molecule has 0 spiro atoms. The van der Waals surface area contributed by atoms with Gasteiger partial charge in [0.25, 0.3) is 0 Å². The number of methoxy groups -OCH3 is 1. The van der Waals surface area contributed by atoms with Gasteiger partial charge in [-0.05, 0) is 25.3 Å². The first-order valence-electron chi connectivity index (χ1n) is 8.49. The fourth-order valence-electron chi connectivity index (χ4n) is 3.34. The van der Waals surface area contributed by atoms with Crippen molar-refractivity contribution in [2.45, 2.75) is 37.8 Å². The molecule has 2 aliphatic heterocycles. The van der Waals surface area contributed by atoms with Crippen LogP contribution in [0.3, 0.4) is 0 Å². The molecule has 2 heterocycles. The van der Waals surface area contributed by atoms with Gasteiger partial charge in [-0.1, -0.05) is 12.1 Å². The van der Waals surface area contributed by atoms with Crippen molar-refractivity contribution in [1.29, 1.82) is 0 Å². The third kappa shape index (κ3) is 4.22. The number of benzene rings is 1. The van der Waals surface area contributed by atoms with E-state index in [1.165, 1.54) is 0 Å². The van der Waals surface area contributed by atoms with Crippen molar-refractivity contribution < 1.29 is 28.9 Å². The van der Waals surface area contributed by atoms with E-state index < -0.39 is 5.97 Å². The molecule has 1 fully saturated rings. The topological polar surface area (TPSA) is 94.1 Å². The van der Waals surface area contributed by atoms with Crippen LogP contribution in [0.5, 0.6) is 11.5 Å². The number of hydrogen-bond acceptors (Lipinski definition) is 5. The van der Waals surface area contributed by atoms with E-state index in [-0.39, 0.29) is 30.4 Å². The summed E-state index contributed by atoms with van der Waals surface area (Å²) >= 11 is 0. The molecular weight excluding hydrogens is 326 g/mol. The number of nitrogens with one attached hydrogen (secondary N) is 1. The number of carbonyl (C=O) groups is 2. The molecule has 2 N–H and O–H groups in total. The number of aliphatic carboxylic acids is 1. The molecule has 136 valence electrons. The molecule has 2 aliphatic rings. The molecule has 0 radical (unpaired) electrons. The number of ether oxygens (including phenoxy) is 3. The zero-order valence-electron chi connectivity index (χ0n) is 14.2. The van der Waals surface area contributed by atoms with E-state index in [1.54, 1.807) is 7.11 Å². The SMILES string of the molecule is COc1cccc2c1OCC(NC(=O)C1COC(CCC(=O)O)C1)C2. The number of carbonyl (C=O) groups excluding carboxylic acids is 1. The Morgan fingerprint density at radius 3 is 2.96 bits per heavy atom. The molecule has 1 aromatic rings. The summed E-state index contributed by atoms with van der Waals surface area (Å²) in [5.41, 5.74) is 1.01. The molecule has 25 heavy (non-hydrogen) atoms. The van der Waals surface area contributed by atoms with E-state index in [0.29, 0.717) is 38.2 Å². The Morgan fingerprint density at radius 1 is 1.36 bits per heavy atom. The summed E-state index contributed by atoms with van der Waals surface area (Å²) in [5, 5.41) is 11.7. The number of fused-ring (bicyclic) bond motifs is 1. The van der Waals surface area contributed by atoms with Crippen LogP contribution in [0.4, 0.5) is 0 Å². The third-order valence-corrected chi connectivity index (χ3v) is 4.65. The van der Waals surface area contributed by atoms with Gasteiger partial charge < -0.3 is 24.6 Å². The Bertz CT molecular complexity index is 646. The maximum atomic E-state index is 12.4. The molecule has 7 nitrogen and oxygen atoms in total. The monoisotopic (exact) mass is 349 g/mol. The highest BCUT2D eigenvalue weighted by molar-refractivity contribution is 5.79. The van der Waals surface area contributed by atoms with Crippen molar-refractivity contribution in [3.63, 3.8) is 0 Å². The van der Waals surface area contributed by atoms with Gasteiger partial charge >= 0.3 is 5.97 Å². The van der Waals surface area contributed by atoms with E-state index in [4.69, 9.17) is 19.3 Å². The molecule has 7 heteroatoms. The molecule has 3 atom stereocenters. The Balaban J connectivity index is 1.52. The van der Waals surface area contributed by atoms with Gasteiger partial charge in [-0.2, -0.15) is 0 Å². The van der Waals surface area contributed by atoms with Crippen LogP contribution in [0.15, 0.2) is 18.2 Å². The van der Waals surface area contributed by atoms with Crippen molar-refractivity contribution >= 4 is 11.9 Å². The van der Waals surface area contributed by atoms with Crippen LogP contribution in [0.25, 0.3) is 0 Å². The summed E-state index contributed by atoms with van der Waals surface area (Å²) in [6.45, 7) is 0.739. The van der Waals surface area contributed by atoms with Gasteiger partial charge in [0.1, 0.15) is 6.61 Å². The van der Waals surface area contributed by atoms with Crippen LogP contribution in [0.2, 0.25) is 0 Å². The van der Waals surface area contributed by atoms with Crippen LogP contribution in [0, 0.1) is 5.92 Å². The smallest absolute Gasteiger partial charge is 0.303 e. The predicted octanol–water partition coefficient (Wildman–Crippen LogP) is 1.38. The molecule has 0 aromatic heterocycles. The van der Waals surface area contributed by atoms with Crippen molar-refractivity contribution in [3.8, 4) is 11.5 Å². The maximum Gasteiger partial charge on any atom is 0.303 e. The summed E-state index contributed by atoms with van der Waals surface area (Å²) < 4.78 is 16.6. The molecule has 1 aromatic carbocycles. The minimum Gasteiger partial charge on any atom is -0.493 e. The van der Waals surface area contributed by atoms with Crippen LogP contribution >= 0.6 is 0 Å². The standard InChI is InChI=1S/C18H23NO6/c1-23-15-4-2-3-11-7-13(10-25-17(11)15)19-18(22)12-8-14(24-9-12)5-6-16(20)21/h2-4,12-14H,5-10H2,1H3,(H,19,22)(H,20,21). The molecule has 0 aliphatic carbocycles. The number of carboxylic acids is 1. The minimum atomic E-state index is -0.843. The molecule has 3 unspecified atom stereocenters. The van der Waals surface area contributed by atoms with Gasteiger partial charge in [0.15, 0.2) is 11.5 Å². The van der Waals surface area contributed by atoms with Crippen molar-refractivity contribution in [2.75, 3.05) is 20.3 Å². The second-order valence-electron chi connectivity index (χ2n) is 6.49. The number of amides is 1. The van der Waals surface area contributed by atoms with Gasteiger partial charge in [0, 0.05) is 12.0 Å². The molecule has 0 bridgehead atoms. The Hall–Kier alpha value is -2.28. The summed E-state index contributed by atoms with van der Waals surface area (Å²) in [6, 6.07) is 5.63. The average Bonchev–Trinajstić information content (AvgIpc) is 3.08. The van der Waals surface area contributed by atoms with Gasteiger partial charge in [-0.25, -0.2) is 0 Å². The Morgan fingerprint density at radius 2 is 2.20 bits per heavy atom. The summed E-state index contributed by atoms with van der Waals surface area (Å²) in [4.78, 5) is 23.1. The summed E-state index contributed by atoms with van der Waals surface area (Å²) in [6.07, 6.45) is 1.61. The number of para-hydroxylation sites is 1. The fraction of sp³-hybridized carbons (Fsp3) is 0.556. The van der Waals surface area contributed by atoms with Crippen LogP contribution < -0.4 is 14.8 Å².